The van der Waals surface area contributed by atoms with Gasteiger partial charge in [-0.2, -0.15) is 0 Å². The monoisotopic (exact) mass is 223 g/mol. The summed E-state index contributed by atoms with van der Waals surface area (Å²) >= 11 is 0. The fraction of sp³-hybridized carbons (Fsp3) is 0.500. The van der Waals surface area contributed by atoms with E-state index in [4.69, 9.17) is 10.6 Å². The summed E-state index contributed by atoms with van der Waals surface area (Å²) in [6.07, 6.45) is -0.0134. The largest absolute Gasteiger partial charge is 0.390 e. The highest BCUT2D eigenvalue weighted by atomic mass is 16.6. The first-order chi connectivity index (χ1) is 7.47. The minimum absolute atomic E-state index is 0.0134. The first kappa shape index (κ1) is 12.2. The maximum atomic E-state index is 5.59. The molecular weight excluding hydrogens is 206 g/mol. The number of hydrogen-bond acceptors (Lipinski definition) is 4. The number of rotatable bonds is 3. The Labute approximate surface area is 94.9 Å². The maximum absolute atomic E-state index is 5.59. The molecule has 0 amide bonds. The fourth-order valence-corrected chi connectivity index (χ4v) is 1.08. The molecule has 0 bridgehead atoms. The van der Waals surface area contributed by atoms with Gasteiger partial charge < -0.3 is 10.6 Å². The topological polar surface area (TPSA) is 85.4 Å². The summed E-state index contributed by atoms with van der Waals surface area (Å²) in [5.41, 5.74) is 7.32. The number of aromatic nitrogens is 2. The number of anilines is 1. The van der Waals surface area contributed by atoms with Crippen LogP contribution in [0.5, 0.6) is 0 Å². The van der Waals surface area contributed by atoms with Gasteiger partial charge in [-0.25, -0.2) is 9.97 Å². The van der Waals surface area contributed by atoms with Crippen molar-refractivity contribution in [2.24, 2.45) is 10.9 Å². The van der Waals surface area contributed by atoms with Crippen molar-refractivity contribution in [2.45, 2.75) is 33.8 Å². The van der Waals surface area contributed by atoms with Gasteiger partial charge in [0.15, 0.2) is 0 Å². The second-order valence-electron chi connectivity index (χ2n) is 3.73. The second-order valence-corrected chi connectivity index (χ2v) is 3.73. The van der Waals surface area contributed by atoms with Crippen LogP contribution in [0.3, 0.4) is 0 Å². The van der Waals surface area contributed by atoms with E-state index in [0.717, 1.165) is 11.4 Å². The van der Waals surface area contributed by atoms with Crippen molar-refractivity contribution in [1.82, 2.24) is 9.97 Å². The van der Waals surface area contributed by atoms with Gasteiger partial charge in [0.1, 0.15) is 6.10 Å². The molecule has 0 radical (unpaired) electrons. The molecule has 1 rings (SSSR count). The van der Waals surface area contributed by atoms with Crippen molar-refractivity contribution >= 4 is 11.9 Å². The van der Waals surface area contributed by atoms with Gasteiger partial charge in [0.05, 0.1) is 0 Å². The van der Waals surface area contributed by atoms with Crippen LogP contribution in [-0.2, 0) is 4.84 Å². The number of nitrogens with one attached hydrogen (secondary N) is 1. The molecule has 1 aromatic rings. The lowest BCUT2D eigenvalue weighted by Crippen LogP contribution is -2.24. The summed E-state index contributed by atoms with van der Waals surface area (Å²) in [6, 6.07) is 1.88. The lowest BCUT2D eigenvalue weighted by Gasteiger charge is -2.06. The smallest absolute Gasteiger partial charge is 0.237 e. The minimum Gasteiger partial charge on any atom is -0.390 e. The van der Waals surface area contributed by atoms with Crippen molar-refractivity contribution in [2.75, 3.05) is 5.32 Å². The second kappa shape index (κ2) is 5.29. The van der Waals surface area contributed by atoms with Crippen molar-refractivity contribution in [3.8, 4) is 0 Å². The molecule has 6 heteroatoms. The molecule has 0 aliphatic rings. The normalized spacial score (nSPS) is 11.7. The molecule has 0 aromatic carbocycles. The minimum atomic E-state index is -0.0134. The fourth-order valence-electron chi connectivity index (χ4n) is 1.08. The van der Waals surface area contributed by atoms with Crippen LogP contribution in [0.1, 0.15) is 25.2 Å². The predicted molar refractivity (Wildman–Crippen MR) is 63.0 cm³/mol. The number of nitrogens with two attached hydrogens (primary N) is 1. The molecular formula is C10H17N5O. The van der Waals surface area contributed by atoms with E-state index < -0.39 is 0 Å². The maximum Gasteiger partial charge on any atom is 0.237 e. The van der Waals surface area contributed by atoms with Gasteiger partial charge in [-0.05, 0) is 38.9 Å². The van der Waals surface area contributed by atoms with Gasteiger partial charge in [-0.15, -0.1) is 0 Å². The third kappa shape index (κ3) is 4.12. The number of guanidine groups is 1. The molecule has 1 heterocycles. The van der Waals surface area contributed by atoms with Crippen molar-refractivity contribution in [3.05, 3.63) is 17.5 Å². The Kier molecular flexibility index (Phi) is 4.04. The molecule has 16 heavy (non-hydrogen) atoms. The number of aryl methyl sites for hydroxylation is 2. The highest BCUT2D eigenvalue weighted by Gasteiger charge is 2.01. The Morgan fingerprint density at radius 1 is 1.38 bits per heavy atom. The molecule has 0 unspecified atom stereocenters. The predicted octanol–water partition coefficient (Wildman–Crippen LogP) is 1.16. The molecule has 0 saturated carbocycles. The third-order valence-electron chi connectivity index (χ3n) is 1.58. The molecule has 0 spiro atoms. The van der Waals surface area contributed by atoms with E-state index in [0.29, 0.717) is 5.95 Å². The number of hydrogen-bond donors (Lipinski definition) is 2. The average Bonchev–Trinajstić information content (AvgIpc) is 2.12. The van der Waals surface area contributed by atoms with Crippen molar-refractivity contribution in [3.63, 3.8) is 0 Å². The van der Waals surface area contributed by atoms with Crippen LogP contribution in [0.25, 0.3) is 0 Å². The number of nitrogens with zero attached hydrogens (tertiary/aromatic N) is 3. The molecule has 1 aromatic heterocycles. The zero-order valence-electron chi connectivity index (χ0n) is 9.98. The molecule has 0 aliphatic heterocycles. The SMILES string of the molecule is Cc1cc(C)nc(N/C(N)=N/OC(C)C)n1. The molecule has 0 aliphatic carbocycles. The summed E-state index contributed by atoms with van der Waals surface area (Å²) in [7, 11) is 0. The zero-order valence-corrected chi connectivity index (χ0v) is 9.98. The lowest BCUT2D eigenvalue weighted by molar-refractivity contribution is 0.0856. The molecule has 0 atom stereocenters. The summed E-state index contributed by atoms with van der Waals surface area (Å²) in [6.45, 7) is 7.50. The molecule has 0 fully saturated rings. The lowest BCUT2D eigenvalue weighted by atomic mass is 10.4. The summed E-state index contributed by atoms with van der Waals surface area (Å²) in [4.78, 5) is 13.3. The van der Waals surface area contributed by atoms with Crippen LogP contribution in [0.15, 0.2) is 11.2 Å². The van der Waals surface area contributed by atoms with E-state index in [1.165, 1.54) is 0 Å². The van der Waals surface area contributed by atoms with Gasteiger partial charge in [0.25, 0.3) is 0 Å². The standard InChI is InChI=1S/C10H17N5O/c1-6(2)16-15-9(11)14-10-12-7(3)5-8(4)13-10/h5-6H,1-4H3,(H3,11,12,13,14,15). The van der Waals surface area contributed by atoms with E-state index in [9.17, 15) is 0 Å². The van der Waals surface area contributed by atoms with Crippen LogP contribution in [0, 0.1) is 13.8 Å². The van der Waals surface area contributed by atoms with E-state index in [-0.39, 0.29) is 12.1 Å². The van der Waals surface area contributed by atoms with Crippen molar-refractivity contribution < 1.29 is 4.84 Å². The quantitative estimate of drug-likeness (QED) is 0.456. The molecule has 3 N–H and O–H groups in total. The summed E-state index contributed by atoms with van der Waals surface area (Å²) < 4.78 is 0. The van der Waals surface area contributed by atoms with Gasteiger partial charge in [-0.1, -0.05) is 0 Å². The van der Waals surface area contributed by atoms with Crippen LogP contribution in [0.2, 0.25) is 0 Å². The van der Waals surface area contributed by atoms with Crippen LogP contribution < -0.4 is 11.1 Å². The van der Waals surface area contributed by atoms with E-state index in [1.54, 1.807) is 0 Å². The van der Waals surface area contributed by atoms with E-state index >= 15 is 0 Å². The molecule has 88 valence electrons. The van der Waals surface area contributed by atoms with Crippen LogP contribution >= 0.6 is 0 Å². The molecule has 0 saturated heterocycles. The number of oxime groups is 1. The van der Waals surface area contributed by atoms with E-state index in [2.05, 4.69) is 20.4 Å². The Hall–Kier alpha value is -1.85. The highest BCUT2D eigenvalue weighted by Crippen LogP contribution is 2.03. The summed E-state index contributed by atoms with van der Waals surface area (Å²) in [5.74, 6) is 0.560. The van der Waals surface area contributed by atoms with E-state index in [1.807, 2.05) is 33.8 Å². The first-order valence-corrected chi connectivity index (χ1v) is 5.06. The highest BCUT2D eigenvalue weighted by molar-refractivity contribution is 5.90. The Bertz CT molecular complexity index is 369. The van der Waals surface area contributed by atoms with Crippen molar-refractivity contribution in [1.29, 1.82) is 0 Å². The zero-order chi connectivity index (χ0) is 12.1. The van der Waals surface area contributed by atoms with Crippen LogP contribution in [0.4, 0.5) is 5.95 Å². The van der Waals surface area contributed by atoms with Gasteiger partial charge in [0.2, 0.25) is 11.9 Å². The van der Waals surface area contributed by atoms with Gasteiger partial charge in [-0.3, -0.25) is 5.32 Å². The Morgan fingerprint density at radius 3 is 2.44 bits per heavy atom. The van der Waals surface area contributed by atoms with Gasteiger partial charge in [0, 0.05) is 11.4 Å². The van der Waals surface area contributed by atoms with Crippen LogP contribution in [-0.4, -0.2) is 22.0 Å². The average molecular weight is 223 g/mol. The third-order valence-corrected chi connectivity index (χ3v) is 1.58. The Morgan fingerprint density at radius 2 is 1.94 bits per heavy atom. The van der Waals surface area contributed by atoms with Gasteiger partial charge >= 0.3 is 0 Å². The molecule has 6 nitrogen and oxygen atoms in total. The Balaban J connectivity index is 2.69. The summed E-state index contributed by atoms with van der Waals surface area (Å²) in [5, 5.41) is 6.44. The first-order valence-electron chi connectivity index (χ1n) is 5.06.